The van der Waals surface area contributed by atoms with E-state index in [2.05, 4.69) is 25.9 Å². The van der Waals surface area contributed by atoms with Gasteiger partial charge in [0.25, 0.3) is 0 Å². The number of methoxy groups -OCH3 is 1. The predicted octanol–water partition coefficient (Wildman–Crippen LogP) is 4.25. The van der Waals surface area contributed by atoms with Gasteiger partial charge in [-0.25, -0.2) is 14.2 Å². The molecule has 7 nitrogen and oxygen atoms in total. The summed E-state index contributed by atoms with van der Waals surface area (Å²) in [6.07, 6.45) is -0.352. The fraction of sp³-hybridized carbons (Fsp3) is 0.500. The van der Waals surface area contributed by atoms with Gasteiger partial charge in [-0.3, -0.25) is 0 Å². The molecule has 0 radical (unpaired) electrons. The molecule has 1 fully saturated rings. The van der Waals surface area contributed by atoms with Crippen LogP contribution in [0.15, 0.2) is 10.5 Å². The van der Waals surface area contributed by atoms with Crippen LogP contribution in [0.25, 0.3) is 10.9 Å². The average Bonchev–Trinajstić information content (AvgIpc) is 2.63. The number of hydrogen-bond acceptors (Lipinski definition) is 6. The summed E-state index contributed by atoms with van der Waals surface area (Å²) < 4.78 is 25.6. The quantitative estimate of drug-likeness (QED) is 0.605. The van der Waals surface area contributed by atoms with E-state index in [4.69, 9.17) is 21.1 Å². The second kappa shape index (κ2) is 7.87. The molecule has 1 saturated heterocycles. The Hall–Kier alpha value is -1.87. The number of nitrogens with zero attached hydrogens (tertiary/aromatic N) is 4. The van der Waals surface area contributed by atoms with E-state index in [1.165, 1.54) is 7.11 Å². The topological polar surface area (TPSA) is 67.8 Å². The summed E-state index contributed by atoms with van der Waals surface area (Å²) in [4.78, 5) is 24.2. The lowest BCUT2D eigenvalue weighted by atomic mass is 10.2. The molecule has 1 aliphatic heterocycles. The summed E-state index contributed by atoms with van der Waals surface area (Å²) in [5.74, 6) is 0.278. The van der Waals surface area contributed by atoms with E-state index in [-0.39, 0.29) is 21.4 Å². The standard InChI is InChI=1S/C18H21BrClFN4O3/c1-18(2,3)28-17(26)25-7-5-24(6-8-25)15-10-9-11(27-4)12(19)13(21)14(10)22-16(20)23-15/h9H,5-8H2,1-4H3. The van der Waals surface area contributed by atoms with Crippen LogP contribution in [0.4, 0.5) is 15.0 Å². The summed E-state index contributed by atoms with van der Waals surface area (Å²) in [6.45, 7) is 7.40. The molecule has 1 aliphatic rings. The van der Waals surface area contributed by atoms with E-state index in [0.29, 0.717) is 43.1 Å². The molecule has 1 aromatic heterocycles. The lowest BCUT2D eigenvalue weighted by Crippen LogP contribution is -2.50. The number of amides is 1. The lowest BCUT2D eigenvalue weighted by molar-refractivity contribution is 0.0240. The molecule has 0 aliphatic carbocycles. The fourth-order valence-corrected chi connectivity index (χ4v) is 3.58. The van der Waals surface area contributed by atoms with Crippen LogP contribution in [0.5, 0.6) is 5.75 Å². The summed E-state index contributed by atoms with van der Waals surface area (Å²) in [6, 6.07) is 1.68. The Morgan fingerprint density at radius 3 is 2.46 bits per heavy atom. The first kappa shape index (κ1) is 20.9. The first-order chi connectivity index (χ1) is 13.1. The number of piperazine rings is 1. The van der Waals surface area contributed by atoms with E-state index in [9.17, 15) is 9.18 Å². The smallest absolute Gasteiger partial charge is 0.410 e. The monoisotopic (exact) mass is 474 g/mol. The van der Waals surface area contributed by atoms with Crippen molar-refractivity contribution in [1.29, 1.82) is 0 Å². The van der Waals surface area contributed by atoms with Crippen molar-refractivity contribution in [3.05, 3.63) is 21.6 Å². The molecule has 0 bridgehead atoms. The molecule has 1 aromatic carbocycles. The average molecular weight is 476 g/mol. The van der Waals surface area contributed by atoms with Gasteiger partial charge in [-0.15, -0.1) is 0 Å². The van der Waals surface area contributed by atoms with Crippen molar-refractivity contribution in [1.82, 2.24) is 14.9 Å². The Labute approximate surface area is 175 Å². The number of benzene rings is 1. The van der Waals surface area contributed by atoms with E-state index in [1.54, 1.807) is 11.0 Å². The molecule has 152 valence electrons. The maximum Gasteiger partial charge on any atom is 0.410 e. The SMILES string of the molecule is COc1cc2c(N3CCN(C(=O)OC(C)(C)C)CC3)nc(Cl)nc2c(F)c1Br. The van der Waals surface area contributed by atoms with Gasteiger partial charge in [0.05, 0.1) is 11.6 Å². The lowest BCUT2D eigenvalue weighted by Gasteiger charge is -2.36. The van der Waals surface area contributed by atoms with Gasteiger partial charge in [-0.05, 0) is 54.4 Å². The second-order valence-corrected chi connectivity index (χ2v) is 8.50. The number of hydrogen-bond donors (Lipinski definition) is 0. The highest BCUT2D eigenvalue weighted by Crippen LogP contribution is 2.37. The van der Waals surface area contributed by atoms with Crippen molar-refractivity contribution in [3.8, 4) is 5.75 Å². The number of rotatable bonds is 2. The van der Waals surface area contributed by atoms with Gasteiger partial charge in [0.1, 0.15) is 22.7 Å². The van der Waals surface area contributed by atoms with E-state index < -0.39 is 11.4 Å². The van der Waals surface area contributed by atoms with Gasteiger partial charge in [0.15, 0.2) is 5.82 Å². The van der Waals surface area contributed by atoms with Crippen LogP contribution in [-0.2, 0) is 4.74 Å². The third-order valence-corrected chi connectivity index (χ3v) is 5.15. The largest absolute Gasteiger partial charge is 0.495 e. The molecule has 0 atom stereocenters. The van der Waals surface area contributed by atoms with E-state index in [0.717, 1.165) is 0 Å². The van der Waals surface area contributed by atoms with Crippen molar-refractivity contribution < 1.29 is 18.7 Å². The maximum absolute atomic E-state index is 14.7. The summed E-state index contributed by atoms with van der Waals surface area (Å²) in [5, 5.41) is 0.445. The Morgan fingerprint density at radius 2 is 1.89 bits per heavy atom. The van der Waals surface area contributed by atoms with Gasteiger partial charge >= 0.3 is 6.09 Å². The zero-order valence-electron chi connectivity index (χ0n) is 16.1. The molecule has 2 aromatic rings. The molecule has 3 rings (SSSR count). The molecule has 0 spiro atoms. The zero-order valence-corrected chi connectivity index (χ0v) is 18.4. The van der Waals surface area contributed by atoms with Gasteiger partial charge in [0, 0.05) is 31.6 Å². The molecular weight excluding hydrogens is 455 g/mol. The summed E-state index contributed by atoms with van der Waals surface area (Å²) >= 11 is 9.23. The molecule has 28 heavy (non-hydrogen) atoms. The summed E-state index contributed by atoms with van der Waals surface area (Å²) in [7, 11) is 1.46. The van der Waals surface area contributed by atoms with Crippen LogP contribution in [0.3, 0.4) is 0 Å². The zero-order chi connectivity index (χ0) is 20.6. The van der Waals surface area contributed by atoms with Crippen molar-refractivity contribution in [2.45, 2.75) is 26.4 Å². The van der Waals surface area contributed by atoms with Crippen molar-refractivity contribution in [2.75, 3.05) is 38.2 Å². The first-order valence-electron chi connectivity index (χ1n) is 8.73. The van der Waals surface area contributed by atoms with Crippen LogP contribution in [0.1, 0.15) is 20.8 Å². The summed E-state index contributed by atoms with van der Waals surface area (Å²) in [5.41, 5.74) is -0.441. The molecule has 10 heteroatoms. The molecule has 0 N–H and O–H groups in total. The first-order valence-corrected chi connectivity index (χ1v) is 9.90. The second-order valence-electron chi connectivity index (χ2n) is 7.37. The number of fused-ring (bicyclic) bond motifs is 1. The number of anilines is 1. The van der Waals surface area contributed by atoms with Gasteiger partial charge in [-0.1, -0.05) is 0 Å². The van der Waals surface area contributed by atoms with Crippen molar-refractivity contribution >= 4 is 50.3 Å². The van der Waals surface area contributed by atoms with E-state index >= 15 is 0 Å². The maximum atomic E-state index is 14.7. The minimum atomic E-state index is -0.563. The van der Waals surface area contributed by atoms with Gasteiger partial charge in [0.2, 0.25) is 5.28 Å². The molecular formula is C18H21BrClFN4O3. The van der Waals surface area contributed by atoms with Crippen LogP contribution in [0.2, 0.25) is 5.28 Å². The van der Waals surface area contributed by atoms with Crippen molar-refractivity contribution in [3.63, 3.8) is 0 Å². The molecule has 0 saturated carbocycles. The Balaban J connectivity index is 1.89. The third-order valence-electron chi connectivity index (χ3n) is 4.24. The molecule has 1 amide bonds. The predicted molar refractivity (Wildman–Crippen MR) is 109 cm³/mol. The van der Waals surface area contributed by atoms with Crippen LogP contribution < -0.4 is 9.64 Å². The van der Waals surface area contributed by atoms with Crippen LogP contribution >= 0.6 is 27.5 Å². The minimum Gasteiger partial charge on any atom is -0.495 e. The highest BCUT2D eigenvalue weighted by molar-refractivity contribution is 9.10. The van der Waals surface area contributed by atoms with E-state index in [1.807, 2.05) is 25.7 Å². The Bertz CT molecular complexity index is 914. The number of carbonyl (C=O) groups is 1. The highest BCUT2D eigenvalue weighted by atomic mass is 79.9. The third kappa shape index (κ3) is 4.25. The highest BCUT2D eigenvalue weighted by Gasteiger charge is 2.28. The van der Waals surface area contributed by atoms with Crippen LogP contribution in [-0.4, -0.2) is 59.9 Å². The Kier molecular flexibility index (Phi) is 5.86. The Morgan fingerprint density at radius 1 is 1.25 bits per heavy atom. The number of aromatic nitrogens is 2. The van der Waals surface area contributed by atoms with Crippen molar-refractivity contribution in [2.24, 2.45) is 0 Å². The molecule has 2 heterocycles. The minimum absolute atomic E-state index is 0.0481. The number of halogens is 3. The van der Waals surface area contributed by atoms with Crippen LogP contribution in [0, 0.1) is 5.82 Å². The number of carbonyl (C=O) groups excluding carboxylic acids is 1. The normalized spacial score (nSPS) is 15.1. The fourth-order valence-electron chi connectivity index (χ4n) is 2.95. The molecule has 0 unspecified atom stereocenters. The number of ether oxygens (including phenoxy) is 2. The van der Waals surface area contributed by atoms with Gasteiger partial charge in [-0.2, -0.15) is 4.98 Å². The van der Waals surface area contributed by atoms with Gasteiger partial charge < -0.3 is 19.3 Å².